The summed E-state index contributed by atoms with van der Waals surface area (Å²) in [5, 5.41) is 6.82. The second kappa shape index (κ2) is 12.4. The van der Waals surface area contributed by atoms with Crippen molar-refractivity contribution in [2.75, 3.05) is 10.6 Å². The molecule has 0 aliphatic rings. The molecule has 4 rings (SSSR count). The molecule has 8 heteroatoms. The zero-order valence-corrected chi connectivity index (χ0v) is 20.6. The van der Waals surface area contributed by atoms with Gasteiger partial charge in [-0.1, -0.05) is 94.9 Å². The highest BCUT2D eigenvalue weighted by atomic mass is 35.5. The van der Waals surface area contributed by atoms with Crippen LogP contribution >= 0.6 is 46.4 Å². The molecule has 0 saturated heterocycles. The molecule has 4 aromatic rings. The fourth-order valence-corrected chi connectivity index (χ4v) is 4.00. The molecule has 172 valence electrons. The van der Waals surface area contributed by atoms with Gasteiger partial charge in [0.2, 0.25) is 0 Å². The van der Waals surface area contributed by atoms with Gasteiger partial charge in [-0.3, -0.25) is 9.59 Å². The maximum absolute atomic E-state index is 12.0. The standard InChI is InChI=1S/2C13H9Cl2NO/c2*14-10-7-4-8-11(15)12(10)13(17)16-9-5-2-1-3-6-9/h2*1-8H,(H,16,17). The molecule has 0 atom stereocenters. The molecule has 2 amide bonds. The lowest BCUT2D eigenvalue weighted by Crippen LogP contribution is -2.12. The lowest BCUT2D eigenvalue weighted by molar-refractivity contribution is 0.101. The van der Waals surface area contributed by atoms with Crippen molar-refractivity contribution in [1.29, 1.82) is 0 Å². The van der Waals surface area contributed by atoms with Crippen molar-refractivity contribution in [2.24, 2.45) is 0 Å². The van der Waals surface area contributed by atoms with Gasteiger partial charge in [-0.25, -0.2) is 0 Å². The van der Waals surface area contributed by atoms with Crippen LogP contribution in [0.3, 0.4) is 0 Å². The van der Waals surface area contributed by atoms with E-state index in [2.05, 4.69) is 10.6 Å². The predicted octanol–water partition coefficient (Wildman–Crippen LogP) is 8.49. The Morgan fingerprint density at radius 3 is 1.03 bits per heavy atom. The number of hydrogen-bond donors (Lipinski definition) is 2. The number of anilines is 2. The van der Waals surface area contributed by atoms with Gasteiger partial charge in [-0.15, -0.1) is 0 Å². The van der Waals surface area contributed by atoms with E-state index in [1.165, 1.54) is 0 Å². The third-order valence-electron chi connectivity index (χ3n) is 4.44. The molecule has 0 aromatic heterocycles. The van der Waals surface area contributed by atoms with E-state index in [0.29, 0.717) is 42.6 Å². The summed E-state index contributed by atoms with van der Waals surface area (Å²) in [6.45, 7) is 0. The van der Waals surface area contributed by atoms with Crippen LogP contribution in [0.5, 0.6) is 0 Å². The first-order valence-corrected chi connectivity index (χ1v) is 11.5. The molecule has 0 aliphatic heterocycles. The highest BCUT2D eigenvalue weighted by Gasteiger charge is 2.15. The molecule has 0 heterocycles. The fourth-order valence-electron chi connectivity index (χ4n) is 2.86. The fraction of sp³-hybridized carbons (Fsp3) is 0. The molecule has 0 spiro atoms. The topological polar surface area (TPSA) is 58.2 Å². The van der Waals surface area contributed by atoms with Crippen LogP contribution in [0.2, 0.25) is 20.1 Å². The lowest BCUT2D eigenvalue weighted by Gasteiger charge is -2.07. The summed E-state index contributed by atoms with van der Waals surface area (Å²) in [6.07, 6.45) is 0. The van der Waals surface area contributed by atoms with Crippen molar-refractivity contribution in [2.45, 2.75) is 0 Å². The van der Waals surface area contributed by atoms with Gasteiger partial charge in [0, 0.05) is 11.4 Å². The van der Waals surface area contributed by atoms with Crippen LogP contribution in [0.1, 0.15) is 20.7 Å². The number of amides is 2. The summed E-state index contributed by atoms with van der Waals surface area (Å²) in [5.74, 6) is -0.626. The predicted molar refractivity (Wildman–Crippen MR) is 142 cm³/mol. The zero-order valence-electron chi connectivity index (χ0n) is 17.6. The third kappa shape index (κ3) is 6.99. The third-order valence-corrected chi connectivity index (χ3v) is 5.70. The van der Waals surface area contributed by atoms with Crippen molar-refractivity contribution in [3.8, 4) is 0 Å². The summed E-state index contributed by atoms with van der Waals surface area (Å²) in [5.41, 5.74) is 1.99. The molecule has 4 aromatic carbocycles. The van der Waals surface area contributed by atoms with Crippen molar-refractivity contribution in [1.82, 2.24) is 0 Å². The molecule has 4 nitrogen and oxygen atoms in total. The van der Waals surface area contributed by atoms with Gasteiger partial charge in [0.25, 0.3) is 11.8 Å². The van der Waals surface area contributed by atoms with Crippen LogP contribution in [0.25, 0.3) is 0 Å². The molecule has 0 bridgehead atoms. The number of benzene rings is 4. The monoisotopic (exact) mass is 530 g/mol. The van der Waals surface area contributed by atoms with Crippen LogP contribution in [-0.4, -0.2) is 11.8 Å². The van der Waals surface area contributed by atoms with Crippen LogP contribution in [-0.2, 0) is 0 Å². The Morgan fingerprint density at radius 2 is 0.735 bits per heavy atom. The average Bonchev–Trinajstić information content (AvgIpc) is 2.81. The number of hydrogen-bond acceptors (Lipinski definition) is 2. The summed E-state index contributed by atoms with van der Waals surface area (Å²) in [7, 11) is 0. The van der Waals surface area contributed by atoms with Gasteiger partial charge in [0.1, 0.15) is 0 Å². The van der Waals surface area contributed by atoms with E-state index in [0.717, 1.165) is 0 Å². The van der Waals surface area contributed by atoms with Crippen LogP contribution in [0.4, 0.5) is 11.4 Å². The van der Waals surface area contributed by atoms with Crippen molar-refractivity contribution in [3.05, 3.63) is 128 Å². The second-order valence-corrected chi connectivity index (χ2v) is 8.46. The normalized spacial score (nSPS) is 10.0. The highest BCUT2D eigenvalue weighted by molar-refractivity contribution is 6.41. The Balaban J connectivity index is 0.000000191. The molecular formula is C26H18Cl4N2O2. The molecule has 34 heavy (non-hydrogen) atoms. The Bertz CT molecular complexity index is 1140. The van der Waals surface area contributed by atoms with Gasteiger partial charge >= 0.3 is 0 Å². The Hall–Kier alpha value is -3.02. The van der Waals surface area contributed by atoms with E-state index in [9.17, 15) is 9.59 Å². The van der Waals surface area contributed by atoms with Crippen LogP contribution in [0.15, 0.2) is 97.1 Å². The Morgan fingerprint density at radius 1 is 0.441 bits per heavy atom. The van der Waals surface area contributed by atoms with Gasteiger partial charge < -0.3 is 10.6 Å². The van der Waals surface area contributed by atoms with Gasteiger partial charge in [-0.05, 0) is 48.5 Å². The van der Waals surface area contributed by atoms with E-state index in [-0.39, 0.29) is 11.8 Å². The van der Waals surface area contributed by atoms with Gasteiger partial charge in [0.15, 0.2) is 0 Å². The molecule has 0 saturated carbocycles. The van der Waals surface area contributed by atoms with Crippen molar-refractivity contribution < 1.29 is 9.59 Å². The average molecular weight is 532 g/mol. The van der Waals surface area contributed by atoms with Gasteiger partial charge in [0.05, 0.1) is 31.2 Å². The van der Waals surface area contributed by atoms with E-state index < -0.39 is 0 Å². The van der Waals surface area contributed by atoms with E-state index in [1.807, 2.05) is 36.4 Å². The van der Waals surface area contributed by atoms with Crippen LogP contribution < -0.4 is 10.6 Å². The second-order valence-electron chi connectivity index (χ2n) is 6.83. The van der Waals surface area contributed by atoms with E-state index >= 15 is 0 Å². The molecule has 2 N–H and O–H groups in total. The minimum atomic E-state index is -0.313. The molecule has 0 fully saturated rings. The number of para-hydroxylation sites is 2. The Kier molecular flexibility index (Phi) is 9.37. The molecule has 0 radical (unpaired) electrons. The zero-order chi connectivity index (χ0) is 24.5. The smallest absolute Gasteiger partial charge is 0.258 e. The summed E-state index contributed by atoms with van der Waals surface area (Å²) in [4.78, 5) is 24.0. The van der Waals surface area contributed by atoms with Crippen molar-refractivity contribution in [3.63, 3.8) is 0 Å². The minimum Gasteiger partial charge on any atom is -0.322 e. The number of nitrogens with one attached hydrogen (secondary N) is 2. The summed E-state index contributed by atoms with van der Waals surface area (Å²) < 4.78 is 0. The number of carbonyl (C=O) groups excluding carboxylic acids is 2. The first-order chi connectivity index (χ1) is 16.4. The van der Waals surface area contributed by atoms with Gasteiger partial charge in [-0.2, -0.15) is 0 Å². The first-order valence-electron chi connectivity index (χ1n) is 9.97. The minimum absolute atomic E-state index is 0.291. The van der Waals surface area contributed by atoms with E-state index in [4.69, 9.17) is 46.4 Å². The lowest BCUT2D eigenvalue weighted by atomic mass is 10.2. The van der Waals surface area contributed by atoms with E-state index in [1.54, 1.807) is 60.7 Å². The SMILES string of the molecule is O=C(Nc1ccccc1)c1c(Cl)cccc1Cl.O=C(Nc1ccccc1)c1c(Cl)cccc1Cl. The number of halogens is 4. The summed E-state index contributed by atoms with van der Waals surface area (Å²) in [6, 6.07) is 28.2. The quantitative estimate of drug-likeness (QED) is 0.277. The maximum atomic E-state index is 12.0. The molecule has 0 aliphatic carbocycles. The highest BCUT2D eigenvalue weighted by Crippen LogP contribution is 2.26. The largest absolute Gasteiger partial charge is 0.322 e. The molecule has 0 unspecified atom stereocenters. The molecular weight excluding hydrogens is 514 g/mol. The maximum Gasteiger partial charge on any atom is 0.258 e. The van der Waals surface area contributed by atoms with Crippen molar-refractivity contribution >= 4 is 69.6 Å². The Labute approximate surface area is 217 Å². The van der Waals surface area contributed by atoms with Crippen LogP contribution in [0, 0.1) is 0 Å². The first kappa shape index (κ1) is 25.6. The number of carbonyl (C=O) groups is 2. The summed E-state index contributed by atoms with van der Waals surface area (Å²) >= 11 is 23.8. The number of rotatable bonds is 4.